The van der Waals surface area contributed by atoms with Gasteiger partial charge in [-0.2, -0.15) is 5.10 Å². The van der Waals surface area contributed by atoms with Crippen molar-refractivity contribution >= 4 is 22.5 Å². The molecule has 168 valence electrons. The summed E-state index contributed by atoms with van der Waals surface area (Å²) < 4.78 is 13.1. The van der Waals surface area contributed by atoms with Crippen LogP contribution in [0.3, 0.4) is 0 Å². The van der Waals surface area contributed by atoms with Crippen molar-refractivity contribution in [3.8, 4) is 28.3 Å². The van der Waals surface area contributed by atoms with E-state index in [1.54, 1.807) is 11.0 Å². The third kappa shape index (κ3) is 4.29. The third-order valence-corrected chi connectivity index (χ3v) is 5.64. The zero-order chi connectivity index (χ0) is 22.8. The van der Waals surface area contributed by atoms with Crippen molar-refractivity contribution in [2.24, 2.45) is 13.0 Å². The Morgan fingerprint density at radius 2 is 2.00 bits per heavy atom. The first-order chi connectivity index (χ1) is 16.1. The summed E-state index contributed by atoms with van der Waals surface area (Å²) in [7, 11) is 1.89. The predicted octanol–water partition coefficient (Wildman–Crippen LogP) is 4.07. The molecule has 0 unspecified atom stereocenters. The number of aromatic nitrogens is 4. The number of anilines is 1. The van der Waals surface area contributed by atoms with Gasteiger partial charge in [0.15, 0.2) is 0 Å². The highest BCUT2D eigenvalue weighted by atomic mass is 16.5. The number of hydrogen-bond acceptors (Lipinski definition) is 6. The molecule has 8 heteroatoms. The van der Waals surface area contributed by atoms with Crippen LogP contribution in [-0.4, -0.2) is 45.5 Å². The lowest BCUT2D eigenvalue weighted by Crippen LogP contribution is -2.32. The monoisotopic (exact) mass is 443 g/mol. The second-order valence-corrected chi connectivity index (χ2v) is 8.14. The first-order valence-electron chi connectivity index (χ1n) is 11.0. The first kappa shape index (κ1) is 21.1. The Morgan fingerprint density at radius 1 is 1.18 bits per heavy atom. The lowest BCUT2D eigenvalue weighted by atomic mass is 10.0. The van der Waals surface area contributed by atoms with Gasteiger partial charge in [-0.1, -0.05) is 37.3 Å². The van der Waals surface area contributed by atoms with Crippen molar-refractivity contribution in [3.05, 3.63) is 55.0 Å². The number of carbonyl (C=O) groups excluding carboxylic acids is 1. The quantitative estimate of drug-likeness (QED) is 0.463. The van der Waals surface area contributed by atoms with Crippen molar-refractivity contribution in [2.75, 3.05) is 25.1 Å². The molecule has 5 rings (SSSR count). The molecule has 2 aromatic heterocycles. The average molecular weight is 444 g/mol. The predicted molar refractivity (Wildman–Crippen MR) is 126 cm³/mol. The average Bonchev–Trinajstić information content (AvgIpc) is 3.19. The van der Waals surface area contributed by atoms with Gasteiger partial charge >= 0.3 is 0 Å². The molecule has 0 spiro atoms. The van der Waals surface area contributed by atoms with Crippen molar-refractivity contribution in [3.63, 3.8) is 0 Å². The second kappa shape index (κ2) is 8.99. The largest absolute Gasteiger partial charge is 0.491 e. The number of rotatable bonds is 7. The minimum atomic E-state index is -0.0871. The van der Waals surface area contributed by atoms with Crippen LogP contribution in [0.2, 0.25) is 0 Å². The standard InChI is InChI=1S/C25H25N5O3/c1-3-23(31)28-21-9-18-20(10-22(21)33-14-16-12-32-13-16)26-15-27-25(18)19-11-30(2)29-24(19)17-7-5-4-6-8-17/h4-11,15-16H,3,12-14H2,1-2H3,(H,28,31). The maximum atomic E-state index is 12.2. The van der Waals surface area contributed by atoms with Gasteiger partial charge in [0.25, 0.3) is 0 Å². The SMILES string of the molecule is CCC(=O)Nc1cc2c(-c3cn(C)nc3-c3ccccc3)ncnc2cc1OCC1COC1. The van der Waals surface area contributed by atoms with E-state index < -0.39 is 0 Å². The molecule has 1 amide bonds. The first-order valence-corrected chi connectivity index (χ1v) is 11.0. The van der Waals surface area contributed by atoms with E-state index in [-0.39, 0.29) is 5.91 Å². The van der Waals surface area contributed by atoms with Crippen LogP contribution in [0.15, 0.2) is 55.0 Å². The summed E-state index contributed by atoms with van der Waals surface area (Å²) in [4.78, 5) is 21.3. The van der Waals surface area contributed by atoms with Gasteiger partial charge in [-0.05, 0) is 6.07 Å². The van der Waals surface area contributed by atoms with Gasteiger partial charge in [0.05, 0.1) is 36.7 Å². The minimum absolute atomic E-state index is 0.0871. The van der Waals surface area contributed by atoms with E-state index in [0.717, 1.165) is 33.4 Å². The fraction of sp³-hybridized carbons (Fsp3) is 0.280. The van der Waals surface area contributed by atoms with E-state index in [4.69, 9.17) is 9.47 Å². The van der Waals surface area contributed by atoms with E-state index >= 15 is 0 Å². The van der Waals surface area contributed by atoms with Crippen LogP contribution in [-0.2, 0) is 16.6 Å². The molecule has 1 aliphatic heterocycles. The number of amides is 1. The van der Waals surface area contributed by atoms with Gasteiger partial charge in [-0.25, -0.2) is 9.97 Å². The van der Waals surface area contributed by atoms with E-state index in [2.05, 4.69) is 20.4 Å². The molecule has 0 radical (unpaired) electrons. The number of fused-ring (bicyclic) bond motifs is 1. The van der Waals surface area contributed by atoms with Crippen LogP contribution in [0, 0.1) is 5.92 Å². The van der Waals surface area contributed by atoms with Crippen LogP contribution in [0.1, 0.15) is 13.3 Å². The number of ether oxygens (including phenoxy) is 2. The molecule has 4 aromatic rings. The molecule has 0 aliphatic carbocycles. The molecule has 0 bridgehead atoms. The highest BCUT2D eigenvalue weighted by Crippen LogP contribution is 2.37. The fourth-order valence-electron chi connectivity index (χ4n) is 3.81. The zero-order valence-corrected chi connectivity index (χ0v) is 18.6. The normalized spacial score (nSPS) is 13.6. The lowest BCUT2D eigenvalue weighted by Gasteiger charge is -2.26. The summed E-state index contributed by atoms with van der Waals surface area (Å²) in [6.07, 6.45) is 3.87. The molecule has 1 fully saturated rings. The van der Waals surface area contributed by atoms with Gasteiger partial charge in [0, 0.05) is 48.2 Å². The second-order valence-electron chi connectivity index (χ2n) is 8.14. The summed E-state index contributed by atoms with van der Waals surface area (Å²) in [5, 5.41) is 8.46. The number of benzene rings is 2. The Hall–Kier alpha value is -3.78. The van der Waals surface area contributed by atoms with E-state index in [1.807, 2.05) is 62.6 Å². The van der Waals surface area contributed by atoms with Crippen molar-refractivity contribution < 1.29 is 14.3 Å². The Bertz CT molecular complexity index is 1300. The van der Waals surface area contributed by atoms with Crippen molar-refractivity contribution in [1.82, 2.24) is 19.7 Å². The van der Waals surface area contributed by atoms with Gasteiger partial charge in [-0.3, -0.25) is 9.48 Å². The van der Waals surface area contributed by atoms with Gasteiger partial charge in [-0.15, -0.1) is 0 Å². The number of nitrogens with zero attached hydrogens (tertiary/aromatic N) is 4. The molecule has 33 heavy (non-hydrogen) atoms. The Labute approximate surface area is 191 Å². The number of aryl methyl sites for hydroxylation is 1. The Kier molecular flexibility index (Phi) is 5.75. The third-order valence-electron chi connectivity index (χ3n) is 5.64. The summed E-state index contributed by atoms with van der Waals surface area (Å²) in [6.45, 7) is 3.73. The topological polar surface area (TPSA) is 91.2 Å². The van der Waals surface area contributed by atoms with Gasteiger partial charge in [0.1, 0.15) is 17.8 Å². The van der Waals surface area contributed by atoms with Crippen LogP contribution < -0.4 is 10.1 Å². The smallest absolute Gasteiger partial charge is 0.224 e. The zero-order valence-electron chi connectivity index (χ0n) is 18.6. The number of carbonyl (C=O) groups is 1. The van der Waals surface area contributed by atoms with E-state index in [0.29, 0.717) is 43.6 Å². The van der Waals surface area contributed by atoms with Crippen molar-refractivity contribution in [2.45, 2.75) is 13.3 Å². The summed E-state index contributed by atoms with van der Waals surface area (Å²) >= 11 is 0. The molecular formula is C25H25N5O3. The Balaban J connectivity index is 1.62. The number of nitrogens with one attached hydrogen (secondary N) is 1. The van der Waals surface area contributed by atoms with E-state index in [1.165, 1.54) is 0 Å². The fourth-order valence-corrected chi connectivity index (χ4v) is 3.81. The highest BCUT2D eigenvalue weighted by Gasteiger charge is 2.22. The molecule has 1 saturated heterocycles. The molecule has 3 heterocycles. The summed E-state index contributed by atoms with van der Waals surface area (Å²) in [6, 6.07) is 13.8. The van der Waals surface area contributed by atoms with Crippen LogP contribution >= 0.6 is 0 Å². The minimum Gasteiger partial charge on any atom is -0.491 e. The summed E-state index contributed by atoms with van der Waals surface area (Å²) in [5.74, 6) is 0.867. The highest BCUT2D eigenvalue weighted by molar-refractivity contribution is 6.01. The lowest BCUT2D eigenvalue weighted by molar-refractivity contribution is -0.115. The summed E-state index contributed by atoms with van der Waals surface area (Å²) in [5.41, 5.74) is 4.82. The molecular weight excluding hydrogens is 418 g/mol. The maximum absolute atomic E-state index is 12.2. The molecule has 1 N–H and O–H groups in total. The van der Waals surface area contributed by atoms with Gasteiger partial charge < -0.3 is 14.8 Å². The maximum Gasteiger partial charge on any atom is 0.224 e. The number of hydrogen-bond donors (Lipinski definition) is 1. The molecule has 0 atom stereocenters. The molecule has 8 nitrogen and oxygen atoms in total. The molecule has 0 saturated carbocycles. The molecule has 2 aromatic carbocycles. The van der Waals surface area contributed by atoms with Gasteiger partial charge in [0.2, 0.25) is 5.91 Å². The van der Waals surface area contributed by atoms with Crippen LogP contribution in [0.25, 0.3) is 33.4 Å². The van der Waals surface area contributed by atoms with Crippen LogP contribution in [0.4, 0.5) is 5.69 Å². The van der Waals surface area contributed by atoms with Crippen LogP contribution in [0.5, 0.6) is 5.75 Å². The molecule has 1 aliphatic rings. The van der Waals surface area contributed by atoms with E-state index in [9.17, 15) is 4.79 Å². The Morgan fingerprint density at radius 3 is 2.73 bits per heavy atom. The van der Waals surface area contributed by atoms with Crippen molar-refractivity contribution in [1.29, 1.82) is 0 Å².